The molecule has 0 atom stereocenters. The van der Waals surface area contributed by atoms with Crippen LogP contribution < -0.4 is 5.32 Å². The van der Waals surface area contributed by atoms with Gasteiger partial charge in [0.05, 0.1) is 25.4 Å². The average molecular weight is 276 g/mol. The maximum Gasteiger partial charge on any atom is 0.339 e. The summed E-state index contributed by atoms with van der Waals surface area (Å²) in [6.45, 7) is 4.53. The lowest BCUT2D eigenvalue weighted by Gasteiger charge is -2.13. The molecule has 0 bridgehead atoms. The van der Waals surface area contributed by atoms with Crippen molar-refractivity contribution in [1.82, 2.24) is 4.98 Å². The quantitative estimate of drug-likeness (QED) is 0.638. The zero-order chi connectivity index (χ0) is 14.2. The molecule has 0 radical (unpaired) electrons. The molecule has 1 aromatic heterocycles. The van der Waals surface area contributed by atoms with Gasteiger partial charge in [0, 0.05) is 12.7 Å². The molecule has 2 rings (SSSR count). The van der Waals surface area contributed by atoms with Crippen LogP contribution in [0.4, 0.5) is 5.82 Å². The normalized spacial score (nSPS) is 14.6. The van der Waals surface area contributed by atoms with Crippen LogP contribution in [0, 0.1) is 0 Å². The highest BCUT2D eigenvalue weighted by Crippen LogP contribution is 2.12. The summed E-state index contributed by atoms with van der Waals surface area (Å²) in [5.74, 6) is 0.435. The van der Waals surface area contributed by atoms with E-state index in [1.807, 2.05) is 0 Å². The Morgan fingerprint density at radius 2 is 2.40 bits per heavy atom. The van der Waals surface area contributed by atoms with E-state index in [0.717, 1.165) is 38.4 Å². The van der Waals surface area contributed by atoms with E-state index in [0.29, 0.717) is 12.2 Å². The summed E-state index contributed by atoms with van der Waals surface area (Å²) in [7, 11) is 0. The molecule has 0 aromatic carbocycles. The highest BCUT2D eigenvalue weighted by atomic mass is 16.5. The molecular weight excluding hydrogens is 256 g/mol. The fraction of sp³-hybridized carbons (Fsp3) is 0.467. The molecule has 20 heavy (non-hydrogen) atoms. The molecule has 1 aromatic rings. The Kier molecular flexibility index (Phi) is 5.55. The van der Waals surface area contributed by atoms with Crippen LogP contribution in [0.15, 0.2) is 30.0 Å². The minimum Gasteiger partial charge on any atom is -0.462 e. The molecular formula is C15H20N2O3. The van der Waals surface area contributed by atoms with E-state index >= 15 is 0 Å². The number of pyridine rings is 1. The number of esters is 1. The van der Waals surface area contributed by atoms with Gasteiger partial charge in [-0.1, -0.05) is 11.6 Å². The van der Waals surface area contributed by atoms with E-state index in [4.69, 9.17) is 9.47 Å². The van der Waals surface area contributed by atoms with Gasteiger partial charge in [0.15, 0.2) is 0 Å². The van der Waals surface area contributed by atoms with Crippen molar-refractivity contribution in [2.24, 2.45) is 0 Å². The first kappa shape index (κ1) is 14.5. The van der Waals surface area contributed by atoms with Gasteiger partial charge >= 0.3 is 5.97 Å². The molecule has 2 heterocycles. The van der Waals surface area contributed by atoms with E-state index in [9.17, 15) is 4.79 Å². The van der Waals surface area contributed by atoms with Gasteiger partial charge in [-0.15, -0.1) is 0 Å². The van der Waals surface area contributed by atoms with Gasteiger partial charge in [0.1, 0.15) is 5.82 Å². The second-order valence-electron chi connectivity index (χ2n) is 4.52. The Hall–Kier alpha value is -1.88. The SMILES string of the molecule is CCOC(=O)c1ccc(NCCC2=CCOCC2)nc1. The van der Waals surface area contributed by atoms with Gasteiger partial charge in [-0.25, -0.2) is 9.78 Å². The van der Waals surface area contributed by atoms with E-state index in [1.54, 1.807) is 19.1 Å². The minimum atomic E-state index is -0.334. The standard InChI is InChI=1S/C15H20N2O3/c1-2-20-15(18)13-3-4-14(17-11-13)16-8-5-12-6-9-19-10-7-12/h3-4,6,11H,2,5,7-10H2,1H3,(H,16,17). The van der Waals surface area contributed by atoms with Crippen molar-refractivity contribution >= 4 is 11.8 Å². The van der Waals surface area contributed by atoms with Crippen LogP contribution >= 0.6 is 0 Å². The highest BCUT2D eigenvalue weighted by molar-refractivity contribution is 5.89. The number of aromatic nitrogens is 1. The molecule has 0 fully saturated rings. The second-order valence-corrected chi connectivity index (χ2v) is 4.52. The molecule has 5 heteroatoms. The van der Waals surface area contributed by atoms with Crippen molar-refractivity contribution in [3.05, 3.63) is 35.5 Å². The van der Waals surface area contributed by atoms with Gasteiger partial charge in [-0.3, -0.25) is 0 Å². The van der Waals surface area contributed by atoms with Crippen LogP contribution in [0.5, 0.6) is 0 Å². The first-order valence-corrected chi connectivity index (χ1v) is 6.92. The van der Waals surface area contributed by atoms with Gasteiger partial charge in [0.2, 0.25) is 0 Å². The number of ether oxygens (including phenoxy) is 2. The third-order valence-corrected chi connectivity index (χ3v) is 3.08. The molecule has 0 unspecified atom stereocenters. The van der Waals surface area contributed by atoms with Gasteiger partial charge in [0.25, 0.3) is 0 Å². The zero-order valence-electron chi connectivity index (χ0n) is 11.7. The van der Waals surface area contributed by atoms with Crippen LogP contribution in [0.2, 0.25) is 0 Å². The number of nitrogens with zero attached hydrogens (tertiary/aromatic N) is 1. The van der Waals surface area contributed by atoms with Crippen molar-refractivity contribution < 1.29 is 14.3 Å². The molecule has 0 spiro atoms. The predicted octanol–water partition coefficient (Wildman–Crippen LogP) is 2.41. The van der Waals surface area contributed by atoms with Crippen molar-refractivity contribution in [2.75, 3.05) is 31.7 Å². The number of hydrogen-bond donors (Lipinski definition) is 1. The van der Waals surface area contributed by atoms with E-state index in [-0.39, 0.29) is 5.97 Å². The Morgan fingerprint density at radius 3 is 3.05 bits per heavy atom. The summed E-state index contributed by atoms with van der Waals surface area (Å²) in [5, 5.41) is 3.25. The fourth-order valence-electron chi connectivity index (χ4n) is 1.98. The van der Waals surface area contributed by atoms with Crippen LogP contribution in [0.3, 0.4) is 0 Å². The predicted molar refractivity (Wildman–Crippen MR) is 76.8 cm³/mol. The lowest BCUT2D eigenvalue weighted by Crippen LogP contribution is -2.10. The van der Waals surface area contributed by atoms with Crippen LogP contribution in [-0.2, 0) is 9.47 Å². The maximum absolute atomic E-state index is 11.5. The maximum atomic E-state index is 11.5. The molecule has 0 amide bonds. The third kappa shape index (κ3) is 4.35. The Morgan fingerprint density at radius 1 is 1.50 bits per heavy atom. The molecule has 5 nitrogen and oxygen atoms in total. The summed E-state index contributed by atoms with van der Waals surface area (Å²) < 4.78 is 10.2. The Bertz CT molecular complexity index is 469. The van der Waals surface area contributed by atoms with E-state index in [1.165, 1.54) is 11.8 Å². The molecule has 0 saturated carbocycles. The van der Waals surface area contributed by atoms with Crippen LogP contribution in [0.25, 0.3) is 0 Å². The molecule has 0 aliphatic carbocycles. The topological polar surface area (TPSA) is 60.5 Å². The van der Waals surface area contributed by atoms with Crippen LogP contribution in [0.1, 0.15) is 30.1 Å². The van der Waals surface area contributed by atoms with E-state index in [2.05, 4.69) is 16.4 Å². The third-order valence-electron chi connectivity index (χ3n) is 3.08. The molecule has 1 aliphatic heterocycles. The first-order valence-electron chi connectivity index (χ1n) is 6.92. The average Bonchev–Trinajstić information content (AvgIpc) is 2.49. The summed E-state index contributed by atoms with van der Waals surface area (Å²) in [6.07, 6.45) is 5.68. The van der Waals surface area contributed by atoms with E-state index < -0.39 is 0 Å². The molecule has 0 saturated heterocycles. The lowest BCUT2D eigenvalue weighted by atomic mass is 10.1. The van der Waals surface area contributed by atoms with Gasteiger partial charge < -0.3 is 14.8 Å². The summed E-state index contributed by atoms with van der Waals surface area (Å²) in [5.41, 5.74) is 1.90. The number of nitrogens with one attached hydrogen (secondary N) is 1. The summed E-state index contributed by atoms with van der Waals surface area (Å²) in [4.78, 5) is 15.7. The Labute approximate surface area is 119 Å². The Balaban J connectivity index is 1.78. The number of carbonyl (C=O) groups excluding carboxylic acids is 1. The van der Waals surface area contributed by atoms with Crippen molar-refractivity contribution in [3.8, 4) is 0 Å². The number of rotatable bonds is 6. The van der Waals surface area contributed by atoms with Crippen LogP contribution in [-0.4, -0.2) is 37.3 Å². The molecule has 1 N–H and O–H groups in total. The lowest BCUT2D eigenvalue weighted by molar-refractivity contribution is 0.0526. The monoisotopic (exact) mass is 276 g/mol. The molecule has 1 aliphatic rings. The summed E-state index contributed by atoms with van der Waals surface area (Å²) >= 11 is 0. The first-order chi connectivity index (χ1) is 9.79. The minimum absolute atomic E-state index is 0.334. The van der Waals surface area contributed by atoms with Crippen molar-refractivity contribution in [2.45, 2.75) is 19.8 Å². The second kappa shape index (κ2) is 7.65. The van der Waals surface area contributed by atoms with Gasteiger partial charge in [-0.05, 0) is 31.9 Å². The smallest absolute Gasteiger partial charge is 0.339 e. The largest absolute Gasteiger partial charge is 0.462 e. The van der Waals surface area contributed by atoms with Gasteiger partial charge in [-0.2, -0.15) is 0 Å². The van der Waals surface area contributed by atoms with Crippen molar-refractivity contribution in [3.63, 3.8) is 0 Å². The zero-order valence-corrected chi connectivity index (χ0v) is 11.7. The van der Waals surface area contributed by atoms with Crippen molar-refractivity contribution in [1.29, 1.82) is 0 Å². The number of hydrogen-bond acceptors (Lipinski definition) is 5. The number of carbonyl (C=O) groups is 1. The fourth-order valence-corrected chi connectivity index (χ4v) is 1.98. The summed E-state index contributed by atoms with van der Waals surface area (Å²) in [6, 6.07) is 3.52. The highest BCUT2D eigenvalue weighted by Gasteiger charge is 2.07. The molecule has 108 valence electrons. The number of anilines is 1.